The van der Waals surface area contributed by atoms with E-state index >= 15 is 0 Å². The smallest absolute Gasteiger partial charge is 0.420 e. The van der Waals surface area contributed by atoms with Crippen molar-refractivity contribution >= 4 is 11.1 Å². The number of para-hydroxylation sites is 1. The normalized spacial score (nSPS) is 10.8. The minimum absolute atomic E-state index is 0.0691. The van der Waals surface area contributed by atoms with Crippen molar-refractivity contribution < 1.29 is 19.0 Å². The van der Waals surface area contributed by atoms with Crippen LogP contribution >= 0.6 is 0 Å². The Hall–Kier alpha value is -2.89. The molecule has 1 aromatic heterocycles. The van der Waals surface area contributed by atoms with Crippen molar-refractivity contribution in [2.75, 3.05) is 14.2 Å². The summed E-state index contributed by atoms with van der Waals surface area (Å²) in [6.07, 6.45) is 0. The summed E-state index contributed by atoms with van der Waals surface area (Å²) in [5.74, 6) is 0.722. The maximum absolute atomic E-state index is 12.1. The molecule has 0 unspecified atom stereocenters. The van der Waals surface area contributed by atoms with Crippen LogP contribution in [0.25, 0.3) is 11.1 Å². The highest BCUT2D eigenvalue weighted by Crippen LogP contribution is 2.31. The summed E-state index contributed by atoms with van der Waals surface area (Å²) in [4.78, 5) is 12.1. The Kier molecular flexibility index (Phi) is 3.50. The third kappa shape index (κ3) is 2.28. The van der Waals surface area contributed by atoms with Crippen LogP contribution in [0.1, 0.15) is 5.56 Å². The minimum atomic E-state index is -0.495. The van der Waals surface area contributed by atoms with Crippen LogP contribution < -0.4 is 15.2 Å². The average molecular weight is 301 g/mol. The van der Waals surface area contributed by atoms with E-state index in [1.165, 1.54) is 16.7 Å². The molecule has 6 nitrogen and oxygen atoms in total. The Morgan fingerprint density at radius 3 is 2.73 bits per heavy atom. The van der Waals surface area contributed by atoms with Gasteiger partial charge >= 0.3 is 5.76 Å². The predicted molar refractivity (Wildman–Crippen MR) is 80.8 cm³/mol. The standard InChI is InChI=1S/C16H15NO5/c1-20-14-5-3-4-10(15(14)21-2)9-17-12-8-11(18)6-7-13(12)22-16(17)19/h3-8,18H,9H2,1-2H3. The summed E-state index contributed by atoms with van der Waals surface area (Å²) in [7, 11) is 3.10. The Morgan fingerprint density at radius 2 is 2.00 bits per heavy atom. The number of phenolic OH excluding ortho intramolecular Hbond substituents is 1. The molecule has 22 heavy (non-hydrogen) atoms. The Labute approximate surface area is 126 Å². The van der Waals surface area contributed by atoms with Gasteiger partial charge < -0.3 is 19.0 Å². The van der Waals surface area contributed by atoms with E-state index in [1.54, 1.807) is 26.4 Å². The molecule has 0 radical (unpaired) electrons. The van der Waals surface area contributed by atoms with Crippen LogP contribution in [0.15, 0.2) is 45.6 Å². The second-order valence-electron chi connectivity index (χ2n) is 4.76. The van der Waals surface area contributed by atoms with E-state index in [9.17, 15) is 9.90 Å². The number of benzene rings is 2. The molecular formula is C16H15NO5. The third-order valence-corrected chi connectivity index (χ3v) is 3.46. The van der Waals surface area contributed by atoms with Gasteiger partial charge in [0.2, 0.25) is 0 Å². The number of rotatable bonds is 4. The van der Waals surface area contributed by atoms with E-state index < -0.39 is 5.76 Å². The van der Waals surface area contributed by atoms with Gasteiger partial charge in [0.1, 0.15) is 5.75 Å². The van der Waals surface area contributed by atoms with Crippen LogP contribution in [0, 0.1) is 0 Å². The highest BCUT2D eigenvalue weighted by molar-refractivity contribution is 5.74. The number of hydrogen-bond donors (Lipinski definition) is 1. The number of aromatic hydroxyl groups is 1. The summed E-state index contributed by atoms with van der Waals surface area (Å²) in [5.41, 5.74) is 1.72. The van der Waals surface area contributed by atoms with Crippen LogP contribution in [-0.2, 0) is 6.54 Å². The molecule has 0 bridgehead atoms. The Bertz CT molecular complexity index is 878. The van der Waals surface area contributed by atoms with E-state index in [4.69, 9.17) is 13.9 Å². The van der Waals surface area contributed by atoms with Crippen molar-refractivity contribution in [3.63, 3.8) is 0 Å². The minimum Gasteiger partial charge on any atom is -0.508 e. The fourth-order valence-corrected chi connectivity index (χ4v) is 2.45. The fraction of sp³-hybridized carbons (Fsp3) is 0.188. The molecule has 1 N–H and O–H groups in total. The summed E-state index contributed by atoms with van der Waals surface area (Å²) < 4.78 is 17.2. The molecule has 0 aliphatic carbocycles. The molecule has 0 saturated carbocycles. The first-order valence-corrected chi connectivity index (χ1v) is 6.66. The lowest BCUT2D eigenvalue weighted by Crippen LogP contribution is -2.15. The molecule has 0 aliphatic rings. The van der Waals surface area contributed by atoms with Crippen LogP contribution in [0.2, 0.25) is 0 Å². The zero-order valence-corrected chi connectivity index (χ0v) is 12.2. The van der Waals surface area contributed by atoms with Gasteiger partial charge in [0.15, 0.2) is 17.1 Å². The van der Waals surface area contributed by atoms with E-state index in [0.29, 0.717) is 22.6 Å². The number of fused-ring (bicyclic) bond motifs is 1. The molecule has 3 aromatic rings. The lowest BCUT2D eigenvalue weighted by molar-refractivity contribution is 0.350. The highest BCUT2D eigenvalue weighted by Gasteiger charge is 2.15. The second-order valence-corrected chi connectivity index (χ2v) is 4.76. The van der Waals surface area contributed by atoms with Gasteiger partial charge in [0.05, 0.1) is 26.3 Å². The van der Waals surface area contributed by atoms with E-state index in [-0.39, 0.29) is 12.3 Å². The molecule has 0 fully saturated rings. The molecule has 0 saturated heterocycles. The largest absolute Gasteiger partial charge is 0.508 e. The molecule has 6 heteroatoms. The molecule has 0 spiro atoms. The SMILES string of the molecule is COc1cccc(Cn2c(=O)oc3ccc(O)cc32)c1OC. The monoisotopic (exact) mass is 301 g/mol. The van der Waals surface area contributed by atoms with Gasteiger partial charge in [0.25, 0.3) is 0 Å². The van der Waals surface area contributed by atoms with Crippen molar-refractivity contribution in [3.8, 4) is 17.2 Å². The summed E-state index contributed by atoms with van der Waals surface area (Å²) in [6.45, 7) is 0.246. The number of ether oxygens (including phenoxy) is 2. The van der Waals surface area contributed by atoms with Crippen LogP contribution in [0.5, 0.6) is 17.2 Å². The number of methoxy groups -OCH3 is 2. The lowest BCUT2D eigenvalue weighted by Gasteiger charge is -2.12. The molecular weight excluding hydrogens is 286 g/mol. The van der Waals surface area contributed by atoms with Gasteiger partial charge in [-0.15, -0.1) is 0 Å². The number of aromatic nitrogens is 1. The van der Waals surface area contributed by atoms with Gasteiger partial charge in [-0.2, -0.15) is 0 Å². The number of phenols is 1. The maximum atomic E-state index is 12.1. The fourth-order valence-electron chi connectivity index (χ4n) is 2.45. The first-order chi connectivity index (χ1) is 10.6. The second kappa shape index (κ2) is 5.48. The molecule has 0 amide bonds. The first-order valence-electron chi connectivity index (χ1n) is 6.66. The predicted octanol–water partition coefficient (Wildman–Crippen LogP) is 2.37. The first kappa shape index (κ1) is 14.1. The maximum Gasteiger partial charge on any atom is 0.420 e. The van der Waals surface area contributed by atoms with Crippen molar-refractivity contribution in [1.82, 2.24) is 4.57 Å². The van der Waals surface area contributed by atoms with Gasteiger partial charge in [-0.25, -0.2) is 4.79 Å². The average Bonchev–Trinajstić information content (AvgIpc) is 2.82. The Balaban J connectivity index is 2.13. The van der Waals surface area contributed by atoms with Gasteiger partial charge in [-0.1, -0.05) is 12.1 Å². The summed E-state index contributed by atoms with van der Waals surface area (Å²) in [5, 5.41) is 9.61. The van der Waals surface area contributed by atoms with Crippen LogP contribution in [0.4, 0.5) is 0 Å². The van der Waals surface area contributed by atoms with Crippen molar-refractivity contribution in [3.05, 3.63) is 52.5 Å². The lowest BCUT2D eigenvalue weighted by atomic mass is 10.1. The van der Waals surface area contributed by atoms with Crippen molar-refractivity contribution in [1.29, 1.82) is 0 Å². The van der Waals surface area contributed by atoms with E-state index in [0.717, 1.165) is 5.56 Å². The molecule has 3 rings (SSSR count). The number of hydrogen-bond acceptors (Lipinski definition) is 5. The highest BCUT2D eigenvalue weighted by atomic mass is 16.5. The van der Waals surface area contributed by atoms with Gasteiger partial charge in [-0.3, -0.25) is 4.57 Å². The number of nitrogens with zero attached hydrogens (tertiary/aromatic N) is 1. The summed E-state index contributed by atoms with van der Waals surface area (Å²) >= 11 is 0. The zero-order valence-electron chi connectivity index (χ0n) is 12.2. The Morgan fingerprint density at radius 1 is 1.18 bits per heavy atom. The quantitative estimate of drug-likeness (QED) is 0.801. The van der Waals surface area contributed by atoms with Gasteiger partial charge in [0, 0.05) is 11.6 Å². The van der Waals surface area contributed by atoms with Crippen LogP contribution in [-0.4, -0.2) is 23.9 Å². The van der Waals surface area contributed by atoms with E-state index in [1.807, 2.05) is 12.1 Å². The number of oxazole rings is 1. The molecule has 0 atom stereocenters. The van der Waals surface area contributed by atoms with Gasteiger partial charge in [-0.05, 0) is 18.2 Å². The molecule has 0 aliphatic heterocycles. The summed E-state index contributed by atoms with van der Waals surface area (Å²) in [6, 6.07) is 9.97. The van der Waals surface area contributed by atoms with Crippen molar-refractivity contribution in [2.24, 2.45) is 0 Å². The molecule has 2 aromatic carbocycles. The van der Waals surface area contributed by atoms with E-state index in [2.05, 4.69) is 0 Å². The van der Waals surface area contributed by atoms with Crippen molar-refractivity contribution in [2.45, 2.75) is 6.54 Å². The third-order valence-electron chi connectivity index (χ3n) is 3.46. The molecule has 1 heterocycles. The zero-order chi connectivity index (χ0) is 15.7. The van der Waals surface area contributed by atoms with Crippen LogP contribution in [0.3, 0.4) is 0 Å². The topological polar surface area (TPSA) is 73.8 Å². The molecule has 114 valence electrons.